The summed E-state index contributed by atoms with van der Waals surface area (Å²) >= 11 is 0. The van der Waals surface area contributed by atoms with Crippen molar-refractivity contribution in [1.82, 2.24) is 9.88 Å². The molecule has 0 radical (unpaired) electrons. The van der Waals surface area contributed by atoms with E-state index in [1.54, 1.807) is 12.4 Å². The Morgan fingerprint density at radius 2 is 2.15 bits per heavy atom. The van der Waals surface area contributed by atoms with Crippen LogP contribution in [-0.4, -0.2) is 47.7 Å². The SMILES string of the molecule is O=C(CC1=CCCCC1)N1CC2(C1)OCC[C@H]2COCc1ccncc1. The van der Waals surface area contributed by atoms with Gasteiger partial charge in [0.05, 0.1) is 26.3 Å². The third-order valence-electron chi connectivity index (χ3n) is 5.97. The van der Waals surface area contributed by atoms with Gasteiger partial charge in [0.1, 0.15) is 5.60 Å². The standard InChI is InChI=1S/C21H28N2O3/c24-20(12-17-4-2-1-3-5-17)23-15-21(16-23)19(8-11-26-21)14-25-13-18-6-9-22-10-7-18/h4,6-7,9-10,19H,1-3,5,8,11-16H2/t19-/m0/s1. The summed E-state index contributed by atoms with van der Waals surface area (Å²) in [4.78, 5) is 18.5. The van der Waals surface area contributed by atoms with Gasteiger partial charge in [0.15, 0.2) is 0 Å². The largest absolute Gasteiger partial charge is 0.376 e. The monoisotopic (exact) mass is 356 g/mol. The number of ether oxygens (including phenoxy) is 2. The highest BCUT2D eigenvalue weighted by atomic mass is 16.5. The van der Waals surface area contributed by atoms with Gasteiger partial charge in [-0.2, -0.15) is 0 Å². The first kappa shape index (κ1) is 17.7. The number of likely N-dealkylation sites (tertiary alicyclic amines) is 1. The van der Waals surface area contributed by atoms with Crippen molar-refractivity contribution in [2.24, 2.45) is 5.92 Å². The maximum absolute atomic E-state index is 12.5. The van der Waals surface area contributed by atoms with Crippen LogP contribution in [0.4, 0.5) is 0 Å². The van der Waals surface area contributed by atoms with Crippen molar-refractivity contribution in [2.75, 3.05) is 26.3 Å². The van der Waals surface area contributed by atoms with E-state index < -0.39 is 0 Å². The van der Waals surface area contributed by atoms with E-state index in [1.807, 2.05) is 17.0 Å². The summed E-state index contributed by atoms with van der Waals surface area (Å²) < 4.78 is 12.0. The van der Waals surface area contributed by atoms with Gasteiger partial charge in [-0.3, -0.25) is 9.78 Å². The Kier molecular flexibility index (Phi) is 5.36. The molecule has 5 heteroatoms. The van der Waals surface area contributed by atoms with Gasteiger partial charge in [0, 0.05) is 31.3 Å². The number of carbonyl (C=O) groups excluding carboxylic acids is 1. The normalized spacial score (nSPS) is 24.4. The number of pyridine rings is 1. The number of carbonyl (C=O) groups is 1. The van der Waals surface area contributed by atoms with Crippen LogP contribution in [0.25, 0.3) is 0 Å². The predicted octanol–water partition coefficient (Wildman–Crippen LogP) is 3.11. The molecule has 2 fully saturated rings. The molecule has 0 unspecified atom stereocenters. The van der Waals surface area contributed by atoms with Crippen LogP contribution in [0.5, 0.6) is 0 Å². The van der Waals surface area contributed by atoms with Crippen LogP contribution in [0.3, 0.4) is 0 Å². The summed E-state index contributed by atoms with van der Waals surface area (Å²) in [5.74, 6) is 0.637. The Hall–Kier alpha value is -1.72. The third kappa shape index (κ3) is 3.84. The van der Waals surface area contributed by atoms with Gasteiger partial charge in [-0.1, -0.05) is 11.6 Å². The van der Waals surface area contributed by atoms with E-state index in [2.05, 4.69) is 11.1 Å². The molecule has 1 spiro atoms. The van der Waals surface area contributed by atoms with E-state index in [9.17, 15) is 4.79 Å². The number of nitrogens with zero attached hydrogens (tertiary/aromatic N) is 2. The van der Waals surface area contributed by atoms with Gasteiger partial charge >= 0.3 is 0 Å². The smallest absolute Gasteiger partial charge is 0.226 e. The molecular weight excluding hydrogens is 328 g/mol. The molecule has 1 aliphatic carbocycles. The lowest BCUT2D eigenvalue weighted by Gasteiger charge is -2.50. The van der Waals surface area contributed by atoms with Gasteiger partial charge in [0.2, 0.25) is 5.91 Å². The molecule has 1 atom stereocenters. The lowest BCUT2D eigenvalue weighted by molar-refractivity contribution is -0.168. The fourth-order valence-electron chi connectivity index (χ4n) is 4.32. The van der Waals surface area contributed by atoms with Crippen LogP contribution < -0.4 is 0 Å². The molecule has 1 aromatic rings. The van der Waals surface area contributed by atoms with Gasteiger partial charge in [0.25, 0.3) is 0 Å². The zero-order valence-electron chi connectivity index (χ0n) is 15.4. The molecule has 140 valence electrons. The van der Waals surface area contributed by atoms with Crippen molar-refractivity contribution >= 4 is 5.91 Å². The highest BCUT2D eigenvalue weighted by molar-refractivity contribution is 5.80. The Balaban J connectivity index is 1.25. The first-order valence-corrected chi connectivity index (χ1v) is 9.81. The first-order valence-electron chi connectivity index (χ1n) is 9.81. The second-order valence-electron chi connectivity index (χ2n) is 7.80. The van der Waals surface area contributed by atoms with Crippen molar-refractivity contribution in [3.63, 3.8) is 0 Å². The number of amides is 1. The van der Waals surface area contributed by atoms with Gasteiger partial charge in [-0.05, 0) is 49.8 Å². The summed E-state index contributed by atoms with van der Waals surface area (Å²) in [6.07, 6.45) is 12.2. The number of rotatable bonds is 6. The fraction of sp³-hybridized carbons (Fsp3) is 0.619. The highest BCUT2D eigenvalue weighted by Crippen LogP contribution is 2.40. The summed E-state index contributed by atoms with van der Waals surface area (Å²) in [7, 11) is 0. The van der Waals surface area contributed by atoms with Crippen molar-refractivity contribution in [2.45, 2.75) is 50.7 Å². The molecule has 3 aliphatic rings. The maximum Gasteiger partial charge on any atom is 0.226 e. The van der Waals surface area contributed by atoms with Crippen molar-refractivity contribution in [3.05, 3.63) is 41.7 Å². The van der Waals surface area contributed by atoms with E-state index in [0.29, 0.717) is 25.6 Å². The highest BCUT2D eigenvalue weighted by Gasteiger charge is 2.54. The van der Waals surface area contributed by atoms with E-state index in [0.717, 1.165) is 44.5 Å². The van der Waals surface area contributed by atoms with E-state index in [4.69, 9.17) is 9.47 Å². The minimum atomic E-state index is -0.172. The fourth-order valence-corrected chi connectivity index (χ4v) is 4.32. The molecule has 1 amide bonds. The zero-order valence-corrected chi connectivity index (χ0v) is 15.4. The lowest BCUT2D eigenvalue weighted by Crippen LogP contribution is -2.66. The summed E-state index contributed by atoms with van der Waals surface area (Å²) in [6.45, 7) is 3.52. The van der Waals surface area contributed by atoms with Crippen LogP contribution in [0, 0.1) is 5.92 Å². The molecule has 3 heterocycles. The summed E-state index contributed by atoms with van der Waals surface area (Å²) in [6, 6.07) is 3.95. The quantitative estimate of drug-likeness (QED) is 0.735. The van der Waals surface area contributed by atoms with Crippen LogP contribution in [0.15, 0.2) is 36.2 Å². The Morgan fingerprint density at radius 3 is 2.92 bits per heavy atom. The minimum absolute atomic E-state index is 0.172. The van der Waals surface area contributed by atoms with Crippen molar-refractivity contribution in [1.29, 1.82) is 0 Å². The molecule has 0 saturated carbocycles. The molecule has 4 rings (SSSR count). The number of allylic oxidation sites excluding steroid dienone is 1. The molecule has 26 heavy (non-hydrogen) atoms. The van der Waals surface area contributed by atoms with Crippen LogP contribution in [0.1, 0.15) is 44.1 Å². The number of hydrogen-bond acceptors (Lipinski definition) is 4. The minimum Gasteiger partial charge on any atom is -0.376 e. The van der Waals surface area contributed by atoms with E-state index >= 15 is 0 Å². The van der Waals surface area contributed by atoms with E-state index in [1.165, 1.54) is 18.4 Å². The average molecular weight is 356 g/mol. The summed E-state index contributed by atoms with van der Waals surface area (Å²) in [5.41, 5.74) is 2.29. The van der Waals surface area contributed by atoms with Crippen LogP contribution in [0.2, 0.25) is 0 Å². The van der Waals surface area contributed by atoms with Crippen molar-refractivity contribution in [3.8, 4) is 0 Å². The number of hydrogen-bond donors (Lipinski definition) is 0. The first-order chi connectivity index (χ1) is 12.8. The Labute approximate surface area is 155 Å². The van der Waals surface area contributed by atoms with Gasteiger partial charge in [-0.15, -0.1) is 0 Å². The van der Waals surface area contributed by atoms with Crippen LogP contribution >= 0.6 is 0 Å². The molecule has 2 aliphatic heterocycles. The molecule has 5 nitrogen and oxygen atoms in total. The van der Waals surface area contributed by atoms with Crippen LogP contribution in [-0.2, 0) is 20.9 Å². The predicted molar refractivity (Wildman–Crippen MR) is 98.4 cm³/mol. The lowest BCUT2D eigenvalue weighted by atomic mass is 9.81. The van der Waals surface area contributed by atoms with Gasteiger partial charge < -0.3 is 14.4 Å². The molecule has 1 aromatic heterocycles. The topological polar surface area (TPSA) is 51.7 Å². The molecule has 2 saturated heterocycles. The molecular formula is C21H28N2O3. The van der Waals surface area contributed by atoms with Crippen molar-refractivity contribution < 1.29 is 14.3 Å². The molecule has 0 bridgehead atoms. The number of aromatic nitrogens is 1. The Bertz CT molecular complexity index is 652. The second kappa shape index (κ2) is 7.89. The third-order valence-corrected chi connectivity index (χ3v) is 5.97. The molecule has 0 aromatic carbocycles. The van der Waals surface area contributed by atoms with E-state index in [-0.39, 0.29) is 11.5 Å². The average Bonchev–Trinajstić information content (AvgIpc) is 3.06. The zero-order chi connectivity index (χ0) is 17.8. The Morgan fingerprint density at radius 1 is 1.31 bits per heavy atom. The second-order valence-corrected chi connectivity index (χ2v) is 7.80. The molecule has 0 N–H and O–H groups in total. The van der Waals surface area contributed by atoms with Gasteiger partial charge in [-0.25, -0.2) is 0 Å². The maximum atomic E-state index is 12.5. The summed E-state index contributed by atoms with van der Waals surface area (Å²) in [5, 5.41) is 0.